The highest BCUT2D eigenvalue weighted by Crippen LogP contribution is 2.28. The molecule has 0 bridgehead atoms. The molecule has 0 radical (unpaired) electrons. The van der Waals surface area contributed by atoms with Crippen molar-refractivity contribution in [3.63, 3.8) is 0 Å². The zero-order valence-corrected chi connectivity index (χ0v) is 10.7. The van der Waals surface area contributed by atoms with Crippen LogP contribution in [-0.4, -0.2) is 23.2 Å². The highest BCUT2D eigenvalue weighted by atomic mass is 16.4. The number of hydrogen-bond acceptors (Lipinski definition) is 2. The first kappa shape index (κ1) is 13.1. The zero-order chi connectivity index (χ0) is 12.8. The monoisotopic (exact) mass is 247 g/mol. The quantitative estimate of drug-likeness (QED) is 0.841. The molecule has 0 atom stereocenters. The van der Waals surface area contributed by atoms with Gasteiger partial charge in [0.2, 0.25) is 0 Å². The summed E-state index contributed by atoms with van der Waals surface area (Å²) in [6.45, 7) is 0.732. The van der Waals surface area contributed by atoms with Crippen molar-refractivity contribution >= 4 is 5.97 Å². The van der Waals surface area contributed by atoms with Gasteiger partial charge in [0.1, 0.15) is 5.54 Å². The van der Waals surface area contributed by atoms with Crippen LogP contribution in [-0.2, 0) is 11.2 Å². The second-order valence-electron chi connectivity index (χ2n) is 5.11. The molecule has 0 unspecified atom stereocenters. The van der Waals surface area contributed by atoms with E-state index < -0.39 is 11.5 Å². The highest BCUT2D eigenvalue weighted by Gasteiger charge is 2.38. The summed E-state index contributed by atoms with van der Waals surface area (Å²) >= 11 is 0. The minimum Gasteiger partial charge on any atom is -0.480 e. The van der Waals surface area contributed by atoms with Crippen molar-refractivity contribution < 1.29 is 9.90 Å². The van der Waals surface area contributed by atoms with E-state index in [4.69, 9.17) is 0 Å². The summed E-state index contributed by atoms with van der Waals surface area (Å²) in [4.78, 5) is 11.5. The van der Waals surface area contributed by atoms with E-state index in [2.05, 4.69) is 17.4 Å². The first-order valence-electron chi connectivity index (χ1n) is 6.75. The first-order chi connectivity index (χ1) is 8.73. The molecule has 0 spiro atoms. The molecule has 0 aromatic heterocycles. The Morgan fingerprint density at radius 2 is 1.83 bits per heavy atom. The number of carboxylic acids is 1. The van der Waals surface area contributed by atoms with Crippen molar-refractivity contribution in [1.29, 1.82) is 0 Å². The Morgan fingerprint density at radius 3 is 2.44 bits per heavy atom. The van der Waals surface area contributed by atoms with Gasteiger partial charge < -0.3 is 10.4 Å². The van der Waals surface area contributed by atoms with E-state index in [1.165, 1.54) is 5.56 Å². The van der Waals surface area contributed by atoms with Crippen LogP contribution in [0.5, 0.6) is 0 Å². The number of aliphatic carboxylic acids is 1. The van der Waals surface area contributed by atoms with Crippen LogP contribution < -0.4 is 5.32 Å². The minimum absolute atomic E-state index is 0.674. The molecule has 3 nitrogen and oxygen atoms in total. The third-order valence-corrected chi connectivity index (χ3v) is 3.84. The number of rotatable bonds is 5. The fourth-order valence-electron chi connectivity index (χ4n) is 2.71. The Labute approximate surface area is 108 Å². The fraction of sp³-hybridized carbons (Fsp3) is 0.533. The van der Waals surface area contributed by atoms with E-state index in [1.807, 2.05) is 18.2 Å². The Balaban J connectivity index is 1.88. The summed E-state index contributed by atoms with van der Waals surface area (Å²) in [5, 5.41) is 12.7. The number of nitrogens with one attached hydrogen (secondary N) is 1. The smallest absolute Gasteiger partial charge is 0.323 e. The van der Waals surface area contributed by atoms with E-state index in [1.54, 1.807) is 0 Å². The van der Waals surface area contributed by atoms with Gasteiger partial charge in [0.05, 0.1) is 0 Å². The molecule has 0 saturated heterocycles. The fourth-order valence-corrected chi connectivity index (χ4v) is 2.71. The SMILES string of the molecule is O=C(O)C1(NCCc2ccccc2)CCCCC1. The Morgan fingerprint density at radius 1 is 1.17 bits per heavy atom. The van der Waals surface area contributed by atoms with Crippen LogP contribution in [0.25, 0.3) is 0 Å². The third kappa shape index (κ3) is 3.10. The van der Waals surface area contributed by atoms with Gasteiger partial charge in [0.25, 0.3) is 0 Å². The molecule has 1 aliphatic carbocycles. The molecule has 0 amide bonds. The van der Waals surface area contributed by atoms with Crippen LogP contribution in [0.15, 0.2) is 30.3 Å². The van der Waals surface area contributed by atoms with Crippen molar-refractivity contribution in [2.24, 2.45) is 0 Å². The van der Waals surface area contributed by atoms with Gasteiger partial charge >= 0.3 is 5.97 Å². The van der Waals surface area contributed by atoms with Crippen LogP contribution in [0, 0.1) is 0 Å². The van der Waals surface area contributed by atoms with E-state index in [0.29, 0.717) is 0 Å². The van der Waals surface area contributed by atoms with Gasteiger partial charge in [-0.25, -0.2) is 0 Å². The van der Waals surface area contributed by atoms with Crippen molar-refractivity contribution in [2.75, 3.05) is 6.54 Å². The molecular formula is C15H21NO2. The van der Waals surface area contributed by atoms with Crippen molar-refractivity contribution in [1.82, 2.24) is 5.32 Å². The molecule has 0 aliphatic heterocycles. The van der Waals surface area contributed by atoms with Crippen molar-refractivity contribution in [3.8, 4) is 0 Å². The Kier molecular flexibility index (Phi) is 4.37. The molecule has 1 aliphatic rings. The first-order valence-corrected chi connectivity index (χ1v) is 6.75. The molecule has 0 heterocycles. The van der Waals surface area contributed by atoms with Crippen LogP contribution in [0.4, 0.5) is 0 Å². The average molecular weight is 247 g/mol. The largest absolute Gasteiger partial charge is 0.480 e. The summed E-state index contributed by atoms with van der Waals surface area (Å²) in [6, 6.07) is 10.2. The van der Waals surface area contributed by atoms with E-state index in [9.17, 15) is 9.90 Å². The predicted molar refractivity (Wildman–Crippen MR) is 71.6 cm³/mol. The second-order valence-corrected chi connectivity index (χ2v) is 5.11. The molecule has 1 saturated carbocycles. The number of carbonyl (C=O) groups is 1. The number of benzene rings is 1. The van der Waals surface area contributed by atoms with E-state index >= 15 is 0 Å². The van der Waals surface area contributed by atoms with Crippen molar-refractivity contribution in [3.05, 3.63) is 35.9 Å². The van der Waals surface area contributed by atoms with Crippen LogP contribution in [0.1, 0.15) is 37.7 Å². The van der Waals surface area contributed by atoms with Crippen LogP contribution in [0.2, 0.25) is 0 Å². The zero-order valence-electron chi connectivity index (χ0n) is 10.7. The van der Waals surface area contributed by atoms with Gasteiger partial charge in [-0.15, -0.1) is 0 Å². The summed E-state index contributed by atoms with van der Waals surface area (Å²) < 4.78 is 0. The van der Waals surface area contributed by atoms with Gasteiger partial charge in [-0.05, 0) is 24.8 Å². The van der Waals surface area contributed by atoms with Gasteiger partial charge in [0.15, 0.2) is 0 Å². The molecular weight excluding hydrogens is 226 g/mol. The van der Waals surface area contributed by atoms with Crippen molar-refractivity contribution in [2.45, 2.75) is 44.1 Å². The summed E-state index contributed by atoms with van der Waals surface area (Å²) in [5.74, 6) is -0.685. The highest BCUT2D eigenvalue weighted by molar-refractivity contribution is 5.78. The molecule has 2 rings (SSSR count). The Hall–Kier alpha value is -1.35. The lowest BCUT2D eigenvalue weighted by atomic mass is 9.81. The third-order valence-electron chi connectivity index (χ3n) is 3.84. The normalized spacial score (nSPS) is 18.4. The topological polar surface area (TPSA) is 49.3 Å². The average Bonchev–Trinajstić information content (AvgIpc) is 2.41. The van der Waals surface area contributed by atoms with Crippen LogP contribution >= 0.6 is 0 Å². The predicted octanol–water partition coefficient (Wildman–Crippen LogP) is 2.61. The summed E-state index contributed by atoms with van der Waals surface area (Å²) in [7, 11) is 0. The molecule has 1 aromatic carbocycles. The standard InChI is InChI=1S/C15H21NO2/c17-14(18)15(10-5-2-6-11-15)16-12-9-13-7-3-1-4-8-13/h1,3-4,7-8,16H,2,5-6,9-12H2,(H,17,18). The Bertz CT molecular complexity index is 383. The molecule has 18 heavy (non-hydrogen) atoms. The lowest BCUT2D eigenvalue weighted by Crippen LogP contribution is -2.53. The van der Waals surface area contributed by atoms with Crippen LogP contribution in [0.3, 0.4) is 0 Å². The lowest BCUT2D eigenvalue weighted by molar-refractivity contribution is -0.146. The van der Waals surface area contributed by atoms with E-state index in [-0.39, 0.29) is 0 Å². The van der Waals surface area contributed by atoms with Gasteiger partial charge in [0, 0.05) is 6.54 Å². The summed E-state index contributed by atoms with van der Waals surface area (Å²) in [6.07, 6.45) is 5.61. The molecule has 3 heteroatoms. The molecule has 98 valence electrons. The number of hydrogen-bond donors (Lipinski definition) is 2. The number of carboxylic acid groups (broad SMARTS) is 1. The maximum Gasteiger partial charge on any atom is 0.323 e. The maximum absolute atomic E-state index is 11.5. The molecule has 1 fully saturated rings. The lowest BCUT2D eigenvalue weighted by Gasteiger charge is -2.34. The van der Waals surface area contributed by atoms with Gasteiger partial charge in [-0.1, -0.05) is 49.6 Å². The maximum atomic E-state index is 11.5. The van der Waals surface area contributed by atoms with Gasteiger partial charge in [-0.2, -0.15) is 0 Å². The van der Waals surface area contributed by atoms with E-state index in [0.717, 1.165) is 45.1 Å². The summed E-state index contributed by atoms with van der Waals surface area (Å²) in [5.41, 5.74) is 0.578. The van der Waals surface area contributed by atoms with Gasteiger partial charge in [-0.3, -0.25) is 4.79 Å². The molecule has 1 aromatic rings. The molecule has 2 N–H and O–H groups in total. The second kappa shape index (κ2) is 6.01. The minimum atomic E-state index is -0.685.